The highest BCUT2D eigenvalue weighted by Crippen LogP contribution is 2.48. The molecule has 10 heteroatoms. The van der Waals surface area contributed by atoms with Gasteiger partial charge in [-0.05, 0) is 25.5 Å². The Kier molecular flexibility index (Phi) is 3.93. The van der Waals surface area contributed by atoms with Crippen molar-refractivity contribution >= 4 is 29.2 Å². The van der Waals surface area contributed by atoms with Crippen molar-refractivity contribution in [1.29, 1.82) is 0 Å². The van der Waals surface area contributed by atoms with E-state index in [2.05, 4.69) is 5.32 Å². The van der Waals surface area contributed by atoms with Gasteiger partial charge >= 0.3 is 6.03 Å². The molecule has 3 aliphatic rings. The second-order valence-electron chi connectivity index (χ2n) is 7.59. The number of rotatable bonds is 1. The van der Waals surface area contributed by atoms with E-state index in [0.717, 1.165) is 10.6 Å². The third kappa shape index (κ3) is 2.34. The summed E-state index contributed by atoms with van der Waals surface area (Å²) in [4.78, 5) is 51.8. The van der Waals surface area contributed by atoms with E-state index in [9.17, 15) is 24.5 Å². The summed E-state index contributed by atoms with van der Waals surface area (Å²) < 4.78 is 5.93. The number of hydrogen-bond donors (Lipinski definition) is 1. The van der Waals surface area contributed by atoms with Crippen molar-refractivity contribution in [1.82, 2.24) is 10.2 Å². The normalized spacial score (nSPS) is 32.1. The topological polar surface area (TPSA) is 122 Å². The predicted molar refractivity (Wildman–Crippen MR) is 96.7 cm³/mol. The molecule has 2 saturated heterocycles. The first-order valence-corrected chi connectivity index (χ1v) is 9.00. The van der Waals surface area contributed by atoms with Crippen LogP contribution in [0.5, 0.6) is 0 Å². The van der Waals surface area contributed by atoms with Gasteiger partial charge in [0.25, 0.3) is 5.69 Å². The average molecular weight is 388 g/mol. The molecule has 3 aliphatic heterocycles. The van der Waals surface area contributed by atoms with Crippen molar-refractivity contribution in [2.45, 2.75) is 38.5 Å². The number of imide groups is 2. The van der Waals surface area contributed by atoms with Crippen molar-refractivity contribution in [3.05, 3.63) is 33.9 Å². The number of benzene rings is 1. The Morgan fingerprint density at radius 2 is 2.00 bits per heavy atom. The van der Waals surface area contributed by atoms with Gasteiger partial charge in [-0.3, -0.25) is 29.9 Å². The van der Waals surface area contributed by atoms with Crippen molar-refractivity contribution in [2.75, 3.05) is 18.5 Å². The summed E-state index contributed by atoms with van der Waals surface area (Å²) in [5.74, 6) is -1.32. The maximum absolute atomic E-state index is 13.3. The average Bonchev–Trinajstić information content (AvgIpc) is 2.63. The van der Waals surface area contributed by atoms with Gasteiger partial charge in [0, 0.05) is 37.8 Å². The molecule has 4 amide bonds. The Labute approximate surface area is 160 Å². The van der Waals surface area contributed by atoms with E-state index in [0.29, 0.717) is 12.1 Å². The third-order valence-corrected chi connectivity index (χ3v) is 5.86. The van der Waals surface area contributed by atoms with E-state index in [1.807, 2.05) is 11.8 Å². The fraction of sp³-hybridized carbons (Fsp3) is 0.500. The van der Waals surface area contributed by atoms with Crippen LogP contribution in [-0.4, -0.2) is 59.5 Å². The number of nitro groups is 1. The quantitative estimate of drug-likeness (QED) is 0.429. The van der Waals surface area contributed by atoms with Crippen LogP contribution < -0.4 is 10.2 Å². The smallest absolute Gasteiger partial charge is 0.330 e. The lowest BCUT2D eigenvalue weighted by atomic mass is 9.66. The molecule has 4 rings (SSSR count). The highest BCUT2D eigenvalue weighted by Gasteiger charge is 2.64. The third-order valence-electron chi connectivity index (χ3n) is 5.86. The fourth-order valence-electron chi connectivity index (χ4n) is 4.75. The van der Waals surface area contributed by atoms with Crippen molar-refractivity contribution in [2.24, 2.45) is 5.41 Å². The van der Waals surface area contributed by atoms with E-state index >= 15 is 0 Å². The Bertz CT molecular complexity index is 917. The van der Waals surface area contributed by atoms with Crippen LogP contribution in [-0.2, 0) is 20.7 Å². The van der Waals surface area contributed by atoms with E-state index in [1.54, 1.807) is 13.0 Å². The van der Waals surface area contributed by atoms with Gasteiger partial charge in [-0.25, -0.2) is 4.79 Å². The number of carbonyl (C=O) groups excluding carboxylic acids is 3. The van der Waals surface area contributed by atoms with Crippen LogP contribution in [0.1, 0.15) is 19.4 Å². The van der Waals surface area contributed by atoms with Crippen LogP contribution in [0, 0.1) is 15.5 Å². The molecule has 0 radical (unpaired) electrons. The van der Waals surface area contributed by atoms with Crippen LogP contribution >= 0.6 is 0 Å². The van der Waals surface area contributed by atoms with E-state index in [-0.39, 0.29) is 18.2 Å². The molecular formula is C18H20N4O6. The van der Waals surface area contributed by atoms with Crippen LogP contribution in [0.2, 0.25) is 0 Å². The van der Waals surface area contributed by atoms with Gasteiger partial charge in [0.1, 0.15) is 0 Å². The molecule has 1 spiro atoms. The first kappa shape index (κ1) is 18.4. The lowest BCUT2D eigenvalue weighted by Gasteiger charge is -2.56. The minimum atomic E-state index is -1.61. The maximum Gasteiger partial charge on any atom is 0.330 e. The molecular weight excluding hydrogens is 368 g/mol. The number of fused-ring (bicyclic) bond motifs is 4. The zero-order valence-corrected chi connectivity index (χ0v) is 15.7. The van der Waals surface area contributed by atoms with Gasteiger partial charge < -0.3 is 9.64 Å². The molecule has 4 atom stereocenters. The number of urea groups is 1. The Balaban J connectivity index is 1.93. The number of barbiturate groups is 1. The Morgan fingerprint density at radius 1 is 1.29 bits per heavy atom. The van der Waals surface area contributed by atoms with E-state index in [1.165, 1.54) is 19.2 Å². The molecule has 0 saturated carbocycles. The number of non-ortho nitro benzene ring substituents is 1. The first-order valence-electron chi connectivity index (χ1n) is 9.00. The number of amides is 4. The standard InChI is InChI=1S/C18H20N4O6/c1-9-8-21-13-5-4-12(22(26)27)6-11(13)7-18(14(21)10(2)28-9)15(23)19-17(25)20(3)16(18)24/h4-6,9-10,14H,7-8H2,1-3H3,(H,19,23,25)/t9-,10-,14-,18+/m0/s1. The maximum atomic E-state index is 13.3. The number of ether oxygens (including phenoxy) is 1. The molecule has 3 heterocycles. The van der Waals surface area contributed by atoms with Gasteiger partial charge in [0.05, 0.1) is 23.2 Å². The number of anilines is 1. The Hall–Kier alpha value is -3.01. The summed E-state index contributed by atoms with van der Waals surface area (Å²) in [5.41, 5.74) is -0.457. The fourth-order valence-corrected chi connectivity index (χ4v) is 4.75. The molecule has 0 bridgehead atoms. The highest BCUT2D eigenvalue weighted by molar-refractivity contribution is 6.20. The zero-order valence-electron chi connectivity index (χ0n) is 15.7. The number of nitrogens with one attached hydrogen (secondary N) is 1. The molecule has 28 heavy (non-hydrogen) atoms. The number of morpholine rings is 1. The van der Waals surface area contributed by atoms with E-state index in [4.69, 9.17) is 4.74 Å². The number of carbonyl (C=O) groups is 3. The van der Waals surface area contributed by atoms with Crippen molar-refractivity contribution in [3.8, 4) is 0 Å². The van der Waals surface area contributed by atoms with Crippen LogP contribution in [0.3, 0.4) is 0 Å². The van der Waals surface area contributed by atoms with Gasteiger partial charge in [0.15, 0.2) is 5.41 Å². The number of nitrogens with zero attached hydrogens (tertiary/aromatic N) is 3. The van der Waals surface area contributed by atoms with Crippen molar-refractivity contribution < 1.29 is 24.0 Å². The second kappa shape index (κ2) is 5.99. The van der Waals surface area contributed by atoms with Gasteiger partial charge in [-0.1, -0.05) is 0 Å². The monoisotopic (exact) mass is 388 g/mol. The molecule has 1 N–H and O–H groups in total. The molecule has 0 aromatic heterocycles. The van der Waals surface area contributed by atoms with Crippen molar-refractivity contribution in [3.63, 3.8) is 0 Å². The first-order chi connectivity index (χ1) is 13.2. The number of hydrogen-bond acceptors (Lipinski definition) is 7. The molecule has 0 aliphatic carbocycles. The SMILES string of the molecule is C[C@@H]1O[C@@H](C)CN2c3ccc([N+](=O)[O-])cc3C[C@]3(C(=O)NC(=O)N(C)C3=O)[C@H]12. The van der Waals surface area contributed by atoms with Gasteiger partial charge in [0.2, 0.25) is 11.8 Å². The molecule has 1 aromatic rings. The largest absolute Gasteiger partial charge is 0.372 e. The summed E-state index contributed by atoms with van der Waals surface area (Å²) in [7, 11) is 1.32. The van der Waals surface area contributed by atoms with Crippen LogP contribution in [0.4, 0.5) is 16.2 Å². The summed E-state index contributed by atoms with van der Waals surface area (Å²) in [5, 5.41) is 13.5. The van der Waals surface area contributed by atoms with E-state index < -0.39 is 40.3 Å². The molecule has 0 unspecified atom stereocenters. The lowest BCUT2D eigenvalue weighted by molar-refractivity contribution is -0.384. The summed E-state index contributed by atoms with van der Waals surface area (Å²) in [6, 6.07) is 3.04. The molecule has 2 fully saturated rings. The molecule has 1 aromatic carbocycles. The Morgan fingerprint density at radius 3 is 2.68 bits per heavy atom. The van der Waals surface area contributed by atoms with Gasteiger partial charge in [-0.15, -0.1) is 0 Å². The molecule has 148 valence electrons. The van der Waals surface area contributed by atoms with Crippen LogP contribution in [0.15, 0.2) is 18.2 Å². The summed E-state index contributed by atoms with van der Waals surface area (Å²) in [6.45, 7) is 4.10. The minimum absolute atomic E-state index is 0.0461. The summed E-state index contributed by atoms with van der Waals surface area (Å²) in [6.07, 6.45) is -0.677. The minimum Gasteiger partial charge on any atom is -0.372 e. The number of nitro benzene ring substituents is 1. The second-order valence-corrected chi connectivity index (χ2v) is 7.59. The molecule has 10 nitrogen and oxygen atoms in total. The zero-order chi connectivity index (χ0) is 20.4. The van der Waals surface area contributed by atoms with Gasteiger partial charge in [-0.2, -0.15) is 0 Å². The lowest BCUT2D eigenvalue weighted by Crippen LogP contribution is -2.75. The summed E-state index contributed by atoms with van der Waals surface area (Å²) >= 11 is 0. The van der Waals surface area contributed by atoms with Crippen LogP contribution in [0.25, 0.3) is 0 Å². The highest BCUT2D eigenvalue weighted by atomic mass is 16.6. The predicted octanol–water partition coefficient (Wildman–Crippen LogP) is 0.828.